The van der Waals surface area contributed by atoms with Gasteiger partial charge in [0.1, 0.15) is 5.75 Å². The minimum absolute atomic E-state index is 0.162. The van der Waals surface area contributed by atoms with Crippen molar-refractivity contribution in [3.8, 4) is 5.75 Å². The lowest BCUT2D eigenvalue weighted by Gasteiger charge is -2.25. The van der Waals surface area contributed by atoms with E-state index < -0.39 is 11.4 Å². The van der Waals surface area contributed by atoms with Gasteiger partial charge in [-0.05, 0) is 26.0 Å². The Balaban J connectivity index is 2.54. The number of carbonyl (C=O) groups excluding carboxylic acids is 1. The summed E-state index contributed by atoms with van der Waals surface area (Å²) in [6.07, 6.45) is 0.224. The average molecular weight is 222 g/mol. The van der Waals surface area contributed by atoms with Crippen LogP contribution in [-0.4, -0.2) is 17.6 Å². The number of amides is 1. The van der Waals surface area contributed by atoms with E-state index in [4.69, 9.17) is 16.2 Å². The van der Waals surface area contributed by atoms with Crippen LogP contribution in [0.1, 0.15) is 20.3 Å². The quantitative estimate of drug-likeness (QED) is 0.781. The van der Waals surface area contributed by atoms with Crippen molar-refractivity contribution >= 4 is 5.91 Å². The summed E-state index contributed by atoms with van der Waals surface area (Å²) in [5, 5.41) is 0. The van der Waals surface area contributed by atoms with Crippen LogP contribution in [0.2, 0.25) is 0 Å². The van der Waals surface area contributed by atoms with Gasteiger partial charge in [0, 0.05) is 6.42 Å². The van der Waals surface area contributed by atoms with Crippen LogP contribution in [0.5, 0.6) is 5.75 Å². The number of nitrogens with two attached hydrogens (primary N) is 2. The Morgan fingerprint density at radius 1 is 1.44 bits per heavy atom. The van der Waals surface area contributed by atoms with E-state index in [1.807, 2.05) is 37.3 Å². The highest BCUT2D eigenvalue weighted by molar-refractivity contribution is 5.83. The largest absolute Gasteiger partial charge is 0.491 e. The third kappa shape index (κ3) is 3.55. The molecule has 88 valence electrons. The molecule has 0 spiro atoms. The van der Waals surface area contributed by atoms with Gasteiger partial charge in [0.05, 0.1) is 11.6 Å². The minimum atomic E-state index is -1.03. The molecule has 0 aliphatic rings. The third-order valence-electron chi connectivity index (χ3n) is 2.35. The lowest BCUT2D eigenvalue weighted by molar-refractivity contribution is -0.123. The summed E-state index contributed by atoms with van der Waals surface area (Å²) in [6, 6.07) is 9.40. The number of hydrogen-bond acceptors (Lipinski definition) is 3. The summed E-state index contributed by atoms with van der Waals surface area (Å²) in [6.45, 7) is 3.47. The molecule has 4 heteroatoms. The molecule has 2 atom stereocenters. The van der Waals surface area contributed by atoms with Crippen LogP contribution in [0.15, 0.2) is 30.3 Å². The van der Waals surface area contributed by atoms with Crippen LogP contribution in [0, 0.1) is 0 Å². The smallest absolute Gasteiger partial charge is 0.237 e. The van der Waals surface area contributed by atoms with E-state index in [0.29, 0.717) is 6.42 Å². The Morgan fingerprint density at radius 2 is 2.00 bits per heavy atom. The maximum absolute atomic E-state index is 11.1. The average Bonchev–Trinajstić information content (AvgIpc) is 2.17. The molecule has 0 aliphatic carbocycles. The van der Waals surface area contributed by atoms with E-state index in [9.17, 15) is 4.79 Å². The molecule has 0 bridgehead atoms. The Hall–Kier alpha value is -1.55. The van der Waals surface area contributed by atoms with Gasteiger partial charge in [-0.1, -0.05) is 18.2 Å². The minimum Gasteiger partial charge on any atom is -0.491 e. The Kier molecular flexibility index (Phi) is 3.90. The molecule has 0 fully saturated rings. The van der Waals surface area contributed by atoms with Gasteiger partial charge in [0.25, 0.3) is 0 Å². The molecule has 4 nitrogen and oxygen atoms in total. The van der Waals surface area contributed by atoms with Gasteiger partial charge in [-0.25, -0.2) is 0 Å². The molecule has 1 aromatic carbocycles. The first-order valence-electron chi connectivity index (χ1n) is 5.22. The maximum atomic E-state index is 11.1. The molecule has 1 aromatic rings. The molecule has 0 aromatic heterocycles. The van der Waals surface area contributed by atoms with Crippen LogP contribution in [0.25, 0.3) is 0 Å². The van der Waals surface area contributed by atoms with Crippen molar-refractivity contribution < 1.29 is 9.53 Å². The predicted molar refractivity (Wildman–Crippen MR) is 62.9 cm³/mol. The normalized spacial score (nSPS) is 16.2. The number of hydrogen-bond donors (Lipinski definition) is 2. The van der Waals surface area contributed by atoms with E-state index in [1.165, 1.54) is 0 Å². The fourth-order valence-corrected chi connectivity index (χ4v) is 1.47. The lowest BCUT2D eigenvalue weighted by atomic mass is 9.95. The maximum Gasteiger partial charge on any atom is 0.237 e. The Morgan fingerprint density at radius 3 is 2.50 bits per heavy atom. The topological polar surface area (TPSA) is 78.3 Å². The predicted octanol–water partition coefficient (Wildman–Crippen LogP) is 1.05. The van der Waals surface area contributed by atoms with Gasteiger partial charge in [-0.3, -0.25) is 4.79 Å². The van der Waals surface area contributed by atoms with Crippen molar-refractivity contribution in [1.29, 1.82) is 0 Å². The summed E-state index contributed by atoms with van der Waals surface area (Å²) in [7, 11) is 0. The summed E-state index contributed by atoms with van der Waals surface area (Å²) in [4.78, 5) is 11.1. The van der Waals surface area contributed by atoms with E-state index in [-0.39, 0.29) is 6.10 Å². The highest BCUT2D eigenvalue weighted by Gasteiger charge is 2.28. The lowest BCUT2D eigenvalue weighted by Crippen LogP contribution is -2.51. The molecule has 0 heterocycles. The van der Waals surface area contributed by atoms with E-state index >= 15 is 0 Å². The monoisotopic (exact) mass is 222 g/mol. The second kappa shape index (κ2) is 4.99. The molecular formula is C12H18N2O2. The van der Waals surface area contributed by atoms with Crippen molar-refractivity contribution in [2.45, 2.75) is 31.9 Å². The Bertz CT molecular complexity index is 349. The molecule has 0 aliphatic heterocycles. The van der Waals surface area contributed by atoms with Crippen molar-refractivity contribution in [2.24, 2.45) is 11.5 Å². The molecule has 2 unspecified atom stereocenters. The van der Waals surface area contributed by atoms with Gasteiger partial charge < -0.3 is 16.2 Å². The van der Waals surface area contributed by atoms with Gasteiger partial charge in [-0.15, -0.1) is 0 Å². The zero-order valence-corrected chi connectivity index (χ0v) is 9.64. The summed E-state index contributed by atoms with van der Waals surface area (Å²) < 4.78 is 5.61. The summed E-state index contributed by atoms with van der Waals surface area (Å²) >= 11 is 0. The molecule has 4 N–H and O–H groups in total. The third-order valence-corrected chi connectivity index (χ3v) is 2.35. The number of benzene rings is 1. The van der Waals surface area contributed by atoms with Gasteiger partial charge >= 0.3 is 0 Å². The second-order valence-corrected chi connectivity index (χ2v) is 4.23. The number of para-hydroxylation sites is 1. The molecule has 0 saturated carbocycles. The van der Waals surface area contributed by atoms with Crippen LogP contribution < -0.4 is 16.2 Å². The molecule has 1 amide bonds. The first kappa shape index (κ1) is 12.5. The summed E-state index contributed by atoms with van der Waals surface area (Å²) in [5.41, 5.74) is 9.92. The van der Waals surface area contributed by atoms with Crippen LogP contribution in [-0.2, 0) is 4.79 Å². The zero-order valence-electron chi connectivity index (χ0n) is 9.64. The number of primary amides is 1. The highest BCUT2D eigenvalue weighted by Crippen LogP contribution is 2.16. The number of rotatable bonds is 5. The fourth-order valence-electron chi connectivity index (χ4n) is 1.47. The molecule has 1 rings (SSSR count). The van der Waals surface area contributed by atoms with Crippen molar-refractivity contribution in [3.05, 3.63) is 30.3 Å². The fraction of sp³-hybridized carbons (Fsp3) is 0.417. The van der Waals surface area contributed by atoms with Crippen LogP contribution in [0.3, 0.4) is 0 Å². The zero-order chi connectivity index (χ0) is 12.2. The van der Waals surface area contributed by atoms with Crippen LogP contribution in [0.4, 0.5) is 0 Å². The SMILES string of the molecule is CC(CC(C)(N)C(N)=O)Oc1ccccc1. The van der Waals surface area contributed by atoms with Gasteiger partial charge in [0.15, 0.2) is 0 Å². The summed E-state index contributed by atoms with van der Waals surface area (Å²) in [5.74, 6) is 0.242. The van der Waals surface area contributed by atoms with Crippen molar-refractivity contribution in [3.63, 3.8) is 0 Å². The molecule has 0 saturated heterocycles. The first-order chi connectivity index (χ1) is 7.42. The standard InChI is InChI=1S/C12H18N2O2/c1-9(8-12(2,14)11(13)15)16-10-6-4-3-5-7-10/h3-7,9H,8,14H2,1-2H3,(H2,13,15). The highest BCUT2D eigenvalue weighted by atomic mass is 16.5. The van der Waals surface area contributed by atoms with Gasteiger partial charge in [0.2, 0.25) is 5.91 Å². The first-order valence-corrected chi connectivity index (χ1v) is 5.22. The molecule has 0 radical (unpaired) electrons. The number of carbonyl (C=O) groups is 1. The molecule has 16 heavy (non-hydrogen) atoms. The van der Waals surface area contributed by atoms with Crippen LogP contribution >= 0.6 is 0 Å². The van der Waals surface area contributed by atoms with E-state index in [1.54, 1.807) is 6.92 Å². The van der Waals surface area contributed by atoms with Crippen molar-refractivity contribution in [2.75, 3.05) is 0 Å². The number of ether oxygens (including phenoxy) is 1. The molecular weight excluding hydrogens is 204 g/mol. The van der Waals surface area contributed by atoms with Crippen molar-refractivity contribution in [1.82, 2.24) is 0 Å². The second-order valence-electron chi connectivity index (χ2n) is 4.23. The van der Waals surface area contributed by atoms with E-state index in [2.05, 4.69) is 0 Å². The van der Waals surface area contributed by atoms with Gasteiger partial charge in [-0.2, -0.15) is 0 Å². The Labute approximate surface area is 95.6 Å². The van der Waals surface area contributed by atoms with E-state index in [0.717, 1.165) is 5.75 Å².